The highest BCUT2D eigenvalue weighted by atomic mass is 16.5. The van der Waals surface area contributed by atoms with E-state index in [1.807, 2.05) is 32.0 Å². The molecular formula is C19H23NO4. The van der Waals surface area contributed by atoms with Crippen LogP contribution in [0, 0.1) is 6.92 Å². The third kappa shape index (κ3) is 3.98. The van der Waals surface area contributed by atoms with Crippen molar-refractivity contribution < 1.29 is 19.0 Å². The van der Waals surface area contributed by atoms with Crippen molar-refractivity contribution in [3.63, 3.8) is 0 Å². The Bertz CT molecular complexity index is 690. The summed E-state index contributed by atoms with van der Waals surface area (Å²) in [6.07, 6.45) is 0. The van der Waals surface area contributed by atoms with Crippen LogP contribution in [0.1, 0.15) is 28.4 Å². The fourth-order valence-corrected chi connectivity index (χ4v) is 2.48. The topological polar surface area (TPSA) is 56.8 Å². The number of ether oxygens (including phenoxy) is 3. The third-order valence-electron chi connectivity index (χ3n) is 3.65. The maximum Gasteiger partial charge on any atom is 0.259 e. The van der Waals surface area contributed by atoms with E-state index in [0.29, 0.717) is 30.2 Å². The molecule has 0 saturated heterocycles. The van der Waals surface area contributed by atoms with E-state index in [0.717, 1.165) is 16.9 Å². The Hall–Kier alpha value is -2.69. The summed E-state index contributed by atoms with van der Waals surface area (Å²) in [5, 5.41) is 2.90. The molecule has 5 nitrogen and oxygen atoms in total. The monoisotopic (exact) mass is 329 g/mol. The zero-order valence-corrected chi connectivity index (χ0v) is 14.5. The second kappa shape index (κ2) is 8.24. The molecule has 0 aliphatic rings. The van der Waals surface area contributed by atoms with E-state index in [1.165, 1.54) is 14.2 Å². The van der Waals surface area contributed by atoms with Gasteiger partial charge in [-0.1, -0.05) is 18.2 Å². The summed E-state index contributed by atoms with van der Waals surface area (Å²) in [4.78, 5) is 12.5. The summed E-state index contributed by atoms with van der Waals surface area (Å²) < 4.78 is 16.1. The lowest BCUT2D eigenvalue weighted by Crippen LogP contribution is -2.24. The molecule has 0 aliphatic heterocycles. The summed E-state index contributed by atoms with van der Waals surface area (Å²) in [5.74, 6) is 1.58. The highest BCUT2D eigenvalue weighted by molar-refractivity contribution is 5.99. The minimum atomic E-state index is -0.240. The molecule has 0 aromatic heterocycles. The quantitative estimate of drug-likeness (QED) is 0.846. The van der Waals surface area contributed by atoms with Gasteiger partial charge in [-0.2, -0.15) is 0 Å². The van der Waals surface area contributed by atoms with Gasteiger partial charge in [-0.15, -0.1) is 0 Å². The Morgan fingerprint density at radius 2 is 1.71 bits per heavy atom. The van der Waals surface area contributed by atoms with Gasteiger partial charge in [0, 0.05) is 6.54 Å². The highest BCUT2D eigenvalue weighted by Gasteiger charge is 2.17. The predicted octanol–water partition coefficient (Wildman–Crippen LogP) is 3.34. The van der Waals surface area contributed by atoms with E-state index < -0.39 is 0 Å². The van der Waals surface area contributed by atoms with E-state index >= 15 is 0 Å². The van der Waals surface area contributed by atoms with Crippen LogP contribution in [0.15, 0.2) is 36.4 Å². The van der Waals surface area contributed by atoms with Crippen LogP contribution in [0.2, 0.25) is 0 Å². The van der Waals surface area contributed by atoms with Crippen LogP contribution in [0.25, 0.3) is 0 Å². The molecule has 0 bridgehead atoms. The van der Waals surface area contributed by atoms with E-state index in [4.69, 9.17) is 14.2 Å². The molecule has 0 spiro atoms. The van der Waals surface area contributed by atoms with Crippen molar-refractivity contribution in [1.29, 1.82) is 0 Å². The standard InChI is InChI=1S/C19H23NO4/c1-5-24-15-10-9-14(11-13(15)2)12-20-19(21)18-16(22-3)7-6-8-17(18)23-4/h6-11H,5,12H2,1-4H3,(H,20,21). The molecule has 1 amide bonds. The number of benzene rings is 2. The first-order valence-corrected chi connectivity index (χ1v) is 7.82. The summed E-state index contributed by atoms with van der Waals surface area (Å²) in [6, 6.07) is 11.1. The molecule has 1 N–H and O–H groups in total. The fourth-order valence-electron chi connectivity index (χ4n) is 2.48. The van der Waals surface area contributed by atoms with Crippen molar-refractivity contribution in [3.8, 4) is 17.2 Å². The predicted molar refractivity (Wildman–Crippen MR) is 93.1 cm³/mol. The Balaban J connectivity index is 2.13. The van der Waals surface area contributed by atoms with Gasteiger partial charge >= 0.3 is 0 Å². The van der Waals surface area contributed by atoms with E-state index in [9.17, 15) is 4.79 Å². The second-order valence-corrected chi connectivity index (χ2v) is 5.25. The molecule has 0 heterocycles. The normalized spacial score (nSPS) is 10.2. The van der Waals surface area contributed by atoms with Gasteiger partial charge < -0.3 is 19.5 Å². The first kappa shape index (κ1) is 17.7. The SMILES string of the molecule is CCOc1ccc(CNC(=O)c2c(OC)cccc2OC)cc1C. The number of aryl methyl sites for hydroxylation is 1. The number of amides is 1. The highest BCUT2D eigenvalue weighted by Crippen LogP contribution is 2.28. The van der Waals surface area contributed by atoms with Crippen LogP contribution >= 0.6 is 0 Å². The number of carbonyl (C=O) groups is 1. The van der Waals surface area contributed by atoms with Crippen LogP contribution in [-0.4, -0.2) is 26.7 Å². The zero-order valence-electron chi connectivity index (χ0n) is 14.5. The van der Waals surface area contributed by atoms with Crippen molar-refractivity contribution >= 4 is 5.91 Å². The van der Waals surface area contributed by atoms with Gasteiger partial charge in [-0.05, 0) is 43.2 Å². The molecule has 2 aromatic carbocycles. The molecule has 0 atom stereocenters. The lowest BCUT2D eigenvalue weighted by Gasteiger charge is -2.13. The smallest absolute Gasteiger partial charge is 0.259 e. The molecular weight excluding hydrogens is 306 g/mol. The lowest BCUT2D eigenvalue weighted by atomic mass is 10.1. The maximum absolute atomic E-state index is 12.5. The first-order valence-electron chi connectivity index (χ1n) is 7.82. The number of methoxy groups -OCH3 is 2. The average molecular weight is 329 g/mol. The molecule has 24 heavy (non-hydrogen) atoms. The van der Waals surface area contributed by atoms with Gasteiger partial charge in [-0.3, -0.25) is 4.79 Å². The van der Waals surface area contributed by atoms with E-state index in [-0.39, 0.29) is 5.91 Å². The Labute approximate surface area is 142 Å². The van der Waals surface area contributed by atoms with Crippen molar-refractivity contribution in [2.24, 2.45) is 0 Å². The minimum absolute atomic E-state index is 0.240. The largest absolute Gasteiger partial charge is 0.496 e. The fraction of sp³-hybridized carbons (Fsp3) is 0.316. The van der Waals surface area contributed by atoms with Gasteiger partial charge in [0.15, 0.2) is 0 Å². The number of hydrogen-bond acceptors (Lipinski definition) is 4. The zero-order chi connectivity index (χ0) is 17.5. The molecule has 2 aromatic rings. The lowest BCUT2D eigenvalue weighted by molar-refractivity contribution is 0.0944. The maximum atomic E-state index is 12.5. The third-order valence-corrected chi connectivity index (χ3v) is 3.65. The van der Waals surface area contributed by atoms with E-state index in [1.54, 1.807) is 18.2 Å². The molecule has 0 fully saturated rings. The molecule has 0 saturated carbocycles. The van der Waals surface area contributed by atoms with Gasteiger partial charge in [0.2, 0.25) is 0 Å². The number of carbonyl (C=O) groups excluding carboxylic acids is 1. The molecule has 0 aliphatic carbocycles. The van der Waals surface area contributed by atoms with Crippen LogP contribution in [0.4, 0.5) is 0 Å². The Morgan fingerprint density at radius 3 is 2.25 bits per heavy atom. The van der Waals surface area contributed by atoms with Crippen LogP contribution in [0.5, 0.6) is 17.2 Å². The molecule has 128 valence electrons. The van der Waals surface area contributed by atoms with E-state index in [2.05, 4.69) is 5.32 Å². The molecule has 5 heteroatoms. The summed E-state index contributed by atoms with van der Waals surface area (Å²) in [5.41, 5.74) is 2.43. The molecule has 2 rings (SSSR count). The number of hydrogen-bond donors (Lipinski definition) is 1. The molecule has 0 radical (unpaired) electrons. The van der Waals surface area contributed by atoms with Crippen molar-refractivity contribution in [3.05, 3.63) is 53.1 Å². The van der Waals surface area contributed by atoms with Gasteiger partial charge in [0.25, 0.3) is 5.91 Å². The molecule has 0 unspecified atom stereocenters. The average Bonchev–Trinajstić information content (AvgIpc) is 2.61. The summed E-state index contributed by atoms with van der Waals surface area (Å²) in [7, 11) is 3.06. The van der Waals surface area contributed by atoms with Gasteiger partial charge in [0.1, 0.15) is 22.8 Å². The minimum Gasteiger partial charge on any atom is -0.496 e. The number of nitrogens with one attached hydrogen (secondary N) is 1. The van der Waals surface area contributed by atoms with Crippen molar-refractivity contribution in [2.75, 3.05) is 20.8 Å². The van der Waals surface area contributed by atoms with Crippen LogP contribution in [0.3, 0.4) is 0 Å². The Morgan fingerprint density at radius 1 is 1.04 bits per heavy atom. The van der Waals surface area contributed by atoms with Crippen molar-refractivity contribution in [1.82, 2.24) is 5.32 Å². The van der Waals surface area contributed by atoms with Gasteiger partial charge in [0.05, 0.1) is 20.8 Å². The van der Waals surface area contributed by atoms with Gasteiger partial charge in [-0.25, -0.2) is 0 Å². The van der Waals surface area contributed by atoms with Crippen molar-refractivity contribution in [2.45, 2.75) is 20.4 Å². The van der Waals surface area contributed by atoms with Crippen LogP contribution in [-0.2, 0) is 6.54 Å². The first-order chi connectivity index (χ1) is 11.6. The second-order valence-electron chi connectivity index (χ2n) is 5.25. The van der Waals surface area contributed by atoms with Crippen LogP contribution < -0.4 is 19.5 Å². The Kier molecular flexibility index (Phi) is 6.07. The number of rotatable bonds is 7. The summed E-state index contributed by atoms with van der Waals surface area (Å²) in [6.45, 7) is 4.98. The summed E-state index contributed by atoms with van der Waals surface area (Å²) >= 11 is 0.